The molecular formula is C11H12N2O4. The topological polar surface area (TPSA) is 77.5 Å². The fourth-order valence-electron chi connectivity index (χ4n) is 1.56. The number of nitrogens with zero attached hydrogens (tertiary/aromatic N) is 2. The standard InChI is InChI=1S/C11H12N2O4/c1-16-7-9-5-8(12-17-9)6-13-4-2-3-10(13)11(14)15/h2-5H,6-7H2,1H3,(H,14,15). The van der Waals surface area contributed by atoms with Crippen molar-refractivity contribution in [1.29, 1.82) is 0 Å². The van der Waals surface area contributed by atoms with Crippen LogP contribution in [0.1, 0.15) is 21.9 Å². The van der Waals surface area contributed by atoms with E-state index >= 15 is 0 Å². The first-order chi connectivity index (χ1) is 8.20. The van der Waals surface area contributed by atoms with Crippen molar-refractivity contribution in [2.45, 2.75) is 13.2 Å². The Morgan fingerprint density at radius 3 is 3.18 bits per heavy atom. The molecule has 17 heavy (non-hydrogen) atoms. The fourth-order valence-corrected chi connectivity index (χ4v) is 1.56. The molecule has 1 N–H and O–H groups in total. The molecule has 2 rings (SSSR count). The third-order valence-corrected chi connectivity index (χ3v) is 2.28. The minimum atomic E-state index is -0.962. The lowest BCUT2D eigenvalue weighted by Gasteiger charge is -2.02. The average molecular weight is 236 g/mol. The van der Waals surface area contributed by atoms with Gasteiger partial charge in [0.05, 0.1) is 6.54 Å². The maximum absolute atomic E-state index is 10.9. The van der Waals surface area contributed by atoms with E-state index in [2.05, 4.69) is 5.16 Å². The minimum Gasteiger partial charge on any atom is -0.477 e. The molecule has 0 aliphatic rings. The lowest BCUT2D eigenvalue weighted by Crippen LogP contribution is -2.08. The molecule has 0 aliphatic heterocycles. The molecule has 0 bridgehead atoms. The highest BCUT2D eigenvalue weighted by atomic mass is 16.5. The van der Waals surface area contributed by atoms with Gasteiger partial charge in [0.25, 0.3) is 0 Å². The zero-order valence-corrected chi connectivity index (χ0v) is 9.29. The predicted octanol–water partition coefficient (Wildman–Crippen LogP) is 1.37. The SMILES string of the molecule is COCc1cc(Cn2cccc2C(=O)O)no1. The smallest absolute Gasteiger partial charge is 0.352 e. The normalized spacial score (nSPS) is 10.6. The summed E-state index contributed by atoms with van der Waals surface area (Å²) in [5, 5.41) is 12.8. The quantitative estimate of drug-likeness (QED) is 0.848. The molecule has 0 radical (unpaired) electrons. The van der Waals surface area contributed by atoms with Crippen LogP contribution in [0.5, 0.6) is 0 Å². The van der Waals surface area contributed by atoms with E-state index in [0.29, 0.717) is 24.6 Å². The second kappa shape index (κ2) is 4.84. The Bertz CT molecular complexity index is 515. The highest BCUT2D eigenvalue weighted by molar-refractivity contribution is 5.85. The van der Waals surface area contributed by atoms with Crippen LogP contribution in [0.25, 0.3) is 0 Å². The van der Waals surface area contributed by atoms with E-state index in [1.54, 1.807) is 36.1 Å². The van der Waals surface area contributed by atoms with Crippen LogP contribution >= 0.6 is 0 Å². The zero-order chi connectivity index (χ0) is 12.3. The summed E-state index contributed by atoms with van der Waals surface area (Å²) in [4.78, 5) is 10.9. The number of aromatic carboxylic acids is 1. The Morgan fingerprint density at radius 1 is 1.65 bits per heavy atom. The van der Waals surface area contributed by atoms with Gasteiger partial charge in [-0.1, -0.05) is 5.16 Å². The van der Waals surface area contributed by atoms with Crippen LogP contribution in [0.3, 0.4) is 0 Å². The van der Waals surface area contributed by atoms with E-state index in [-0.39, 0.29) is 5.69 Å². The summed E-state index contributed by atoms with van der Waals surface area (Å²) in [6, 6.07) is 4.97. The number of carboxylic acids is 1. The molecule has 6 nitrogen and oxygen atoms in total. The van der Waals surface area contributed by atoms with E-state index in [9.17, 15) is 4.79 Å². The summed E-state index contributed by atoms with van der Waals surface area (Å²) < 4.78 is 11.5. The van der Waals surface area contributed by atoms with Crippen molar-refractivity contribution < 1.29 is 19.2 Å². The first kappa shape index (κ1) is 11.4. The molecule has 0 aliphatic carbocycles. The lowest BCUT2D eigenvalue weighted by atomic mass is 10.3. The van der Waals surface area contributed by atoms with Crippen LogP contribution in [0.2, 0.25) is 0 Å². The van der Waals surface area contributed by atoms with Crippen LogP contribution in [0.15, 0.2) is 28.9 Å². The molecule has 0 saturated carbocycles. The average Bonchev–Trinajstić information content (AvgIpc) is 2.89. The summed E-state index contributed by atoms with van der Waals surface area (Å²) >= 11 is 0. The van der Waals surface area contributed by atoms with E-state index in [1.165, 1.54) is 0 Å². The Morgan fingerprint density at radius 2 is 2.47 bits per heavy atom. The first-order valence-electron chi connectivity index (χ1n) is 5.02. The molecule has 0 atom stereocenters. The second-order valence-corrected chi connectivity index (χ2v) is 3.54. The van der Waals surface area contributed by atoms with Crippen molar-refractivity contribution in [3.8, 4) is 0 Å². The maximum Gasteiger partial charge on any atom is 0.352 e. The van der Waals surface area contributed by atoms with Gasteiger partial charge in [0.1, 0.15) is 18.0 Å². The van der Waals surface area contributed by atoms with Crippen LogP contribution in [0.4, 0.5) is 0 Å². The fraction of sp³-hybridized carbons (Fsp3) is 0.273. The monoisotopic (exact) mass is 236 g/mol. The molecule has 0 fully saturated rings. The van der Waals surface area contributed by atoms with Crippen molar-refractivity contribution >= 4 is 5.97 Å². The largest absolute Gasteiger partial charge is 0.477 e. The second-order valence-electron chi connectivity index (χ2n) is 3.54. The third kappa shape index (κ3) is 2.54. The van der Waals surface area contributed by atoms with E-state index in [0.717, 1.165) is 0 Å². The van der Waals surface area contributed by atoms with Crippen LogP contribution in [0, 0.1) is 0 Å². The van der Waals surface area contributed by atoms with Gasteiger partial charge in [0.2, 0.25) is 0 Å². The molecular weight excluding hydrogens is 224 g/mol. The van der Waals surface area contributed by atoms with E-state index in [1.807, 2.05) is 0 Å². The van der Waals surface area contributed by atoms with Crippen LogP contribution in [-0.2, 0) is 17.9 Å². The first-order valence-corrected chi connectivity index (χ1v) is 5.02. The molecule has 0 saturated heterocycles. The van der Waals surface area contributed by atoms with Crippen LogP contribution in [-0.4, -0.2) is 27.9 Å². The summed E-state index contributed by atoms with van der Waals surface area (Å²) in [7, 11) is 1.57. The Labute approximate surface area is 97.4 Å². The number of carboxylic acid groups (broad SMARTS) is 1. The molecule has 0 spiro atoms. The van der Waals surface area contributed by atoms with Gasteiger partial charge in [-0.25, -0.2) is 4.79 Å². The summed E-state index contributed by atoms with van der Waals surface area (Å²) in [6.07, 6.45) is 1.69. The zero-order valence-electron chi connectivity index (χ0n) is 9.29. The predicted molar refractivity (Wildman–Crippen MR) is 57.7 cm³/mol. The molecule has 6 heteroatoms. The lowest BCUT2D eigenvalue weighted by molar-refractivity contribution is 0.0685. The van der Waals surface area contributed by atoms with Gasteiger partial charge in [-0.2, -0.15) is 0 Å². The van der Waals surface area contributed by atoms with Gasteiger partial charge in [0, 0.05) is 19.4 Å². The Kier molecular flexibility index (Phi) is 3.24. The van der Waals surface area contributed by atoms with E-state index < -0.39 is 5.97 Å². The molecule has 90 valence electrons. The van der Waals surface area contributed by atoms with Gasteiger partial charge >= 0.3 is 5.97 Å². The van der Waals surface area contributed by atoms with Crippen molar-refractivity contribution in [2.24, 2.45) is 0 Å². The Hall–Kier alpha value is -2.08. The Balaban J connectivity index is 2.14. The molecule has 0 unspecified atom stereocenters. The number of rotatable bonds is 5. The van der Waals surface area contributed by atoms with Gasteiger partial charge in [-0.15, -0.1) is 0 Å². The highest BCUT2D eigenvalue weighted by Gasteiger charge is 2.11. The summed E-state index contributed by atoms with van der Waals surface area (Å²) in [5.41, 5.74) is 0.886. The van der Waals surface area contributed by atoms with Gasteiger partial charge in [0.15, 0.2) is 5.76 Å². The maximum atomic E-state index is 10.9. The van der Waals surface area contributed by atoms with Gasteiger partial charge in [-0.05, 0) is 12.1 Å². The number of hydrogen-bond donors (Lipinski definition) is 1. The number of ether oxygens (including phenoxy) is 1. The molecule has 2 heterocycles. The summed E-state index contributed by atoms with van der Waals surface area (Å²) in [5.74, 6) is -0.345. The van der Waals surface area contributed by atoms with Gasteiger partial charge in [-0.3, -0.25) is 0 Å². The molecule has 0 aromatic carbocycles. The van der Waals surface area contributed by atoms with E-state index in [4.69, 9.17) is 14.4 Å². The van der Waals surface area contributed by atoms with Gasteiger partial charge < -0.3 is 18.9 Å². The number of aromatic nitrogens is 2. The van der Waals surface area contributed by atoms with Crippen molar-refractivity contribution in [3.63, 3.8) is 0 Å². The summed E-state index contributed by atoms with van der Waals surface area (Å²) in [6.45, 7) is 0.715. The molecule has 2 aromatic heterocycles. The molecule has 0 amide bonds. The highest BCUT2D eigenvalue weighted by Crippen LogP contribution is 2.09. The number of hydrogen-bond acceptors (Lipinski definition) is 4. The van der Waals surface area contributed by atoms with Crippen molar-refractivity contribution in [2.75, 3.05) is 7.11 Å². The number of methoxy groups -OCH3 is 1. The third-order valence-electron chi connectivity index (χ3n) is 2.28. The minimum absolute atomic E-state index is 0.223. The van der Waals surface area contributed by atoms with Crippen LogP contribution < -0.4 is 0 Å². The molecule has 2 aromatic rings. The van der Waals surface area contributed by atoms with Crippen molar-refractivity contribution in [1.82, 2.24) is 9.72 Å². The number of carbonyl (C=O) groups is 1. The van der Waals surface area contributed by atoms with Crippen molar-refractivity contribution in [3.05, 3.63) is 41.5 Å².